The van der Waals surface area contributed by atoms with Crippen LogP contribution in [0.2, 0.25) is 5.02 Å². The van der Waals surface area contributed by atoms with E-state index in [-0.39, 0.29) is 5.91 Å². The van der Waals surface area contributed by atoms with Crippen LogP contribution in [-0.4, -0.2) is 49.0 Å². The summed E-state index contributed by atoms with van der Waals surface area (Å²) in [6.45, 7) is 4.95. The van der Waals surface area contributed by atoms with Crippen molar-refractivity contribution in [2.75, 3.05) is 27.7 Å². The van der Waals surface area contributed by atoms with Gasteiger partial charge in [0.25, 0.3) is 0 Å². The van der Waals surface area contributed by atoms with Gasteiger partial charge < -0.3 is 20.1 Å². The highest BCUT2D eigenvalue weighted by Crippen LogP contribution is 2.15. The lowest BCUT2D eigenvalue weighted by Gasteiger charge is -2.27. The van der Waals surface area contributed by atoms with Crippen LogP contribution in [-0.2, 0) is 18.4 Å². The van der Waals surface area contributed by atoms with Crippen molar-refractivity contribution >= 4 is 23.5 Å². The SMILES string of the molecule is CN=C(NCC(C)(C)C(=O)NC)N(C)Cc1cc(Cl)cn1C. The van der Waals surface area contributed by atoms with Gasteiger partial charge in [0.2, 0.25) is 5.91 Å². The summed E-state index contributed by atoms with van der Waals surface area (Å²) in [5.41, 5.74) is 0.570. The third-order valence-electron chi connectivity index (χ3n) is 3.58. The Morgan fingerprint density at radius 1 is 1.50 bits per heavy atom. The minimum atomic E-state index is -0.514. The van der Waals surface area contributed by atoms with E-state index in [4.69, 9.17) is 11.6 Å². The van der Waals surface area contributed by atoms with Crippen molar-refractivity contribution in [3.8, 4) is 0 Å². The number of nitrogens with zero attached hydrogens (tertiary/aromatic N) is 3. The number of guanidine groups is 1. The number of carbonyl (C=O) groups excluding carboxylic acids is 1. The van der Waals surface area contributed by atoms with E-state index < -0.39 is 5.41 Å². The minimum absolute atomic E-state index is 0.00711. The zero-order valence-electron chi connectivity index (χ0n) is 14.2. The van der Waals surface area contributed by atoms with Crippen LogP contribution in [0.15, 0.2) is 17.3 Å². The molecule has 6 nitrogen and oxygen atoms in total. The lowest BCUT2D eigenvalue weighted by atomic mass is 9.92. The monoisotopic (exact) mass is 327 g/mol. The van der Waals surface area contributed by atoms with Crippen LogP contribution in [0.5, 0.6) is 0 Å². The van der Waals surface area contributed by atoms with Gasteiger partial charge in [-0.15, -0.1) is 0 Å². The number of hydrogen-bond acceptors (Lipinski definition) is 2. The maximum atomic E-state index is 11.8. The molecule has 0 aliphatic rings. The summed E-state index contributed by atoms with van der Waals surface area (Å²) in [4.78, 5) is 18.1. The zero-order valence-corrected chi connectivity index (χ0v) is 15.0. The van der Waals surface area contributed by atoms with Crippen molar-refractivity contribution in [3.05, 3.63) is 23.0 Å². The number of amides is 1. The third-order valence-corrected chi connectivity index (χ3v) is 3.78. The Labute approximate surface area is 137 Å². The first-order valence-electron chi connectivity index (χ1n) is 7.16. The van der Waals surface area contributed by atoms with Crippen LogP contribution in [0, 0.1) is 5.41 Å². The number of hydrogen-bond donors (Lipinski definition) is 2. The highest BCUT2D eigenvalue weighted by Gasteiger charge is 2.27. The fraction of sp³-hybridized carbons (Fsp3) is 0.600. The van der Waals surface area contributed by atoms with E-state index in [1.165, 1.54) is 0 Å². The molecule has 0 saturated heterocycles. The summed E-state index contributed by atoms with van der Waals surface area (Å²) in [5.74, 6) is 0.724. The summed E-state index contributed by atoms with van der Waals surface area (Å²) in [6.07, 6.45) is 1.87. The molecule has 0 unspecified atom stereocenters. The van der Waals surface area contributed by atoms with E-state index >= 15 is 0 Å². The Bertz CT molecular complexity index is 550. The summed E-state index contributed by atoms with van der Waals surface area (Å²) in [6, 6.07) is 1.93. The van der Waals surface area contributed by atoms with Gasteiger partial charge in [0.05, 0.1) is 17.0 Å². The minimum Gasteiger partial charge on any atom is -0.359 e. The summed E-state index contributed by atoms with van der Waals surface area (Å²) in [5, 5.41) is 6.64. The predicted molar refractivity (Wildman–Crippen MR) is 91.1 cm³/mol. The van der Waals surface area contributed by atoms with E-state index in [2.05, 4.69) is 15.6 Å². The highest BCUT2D eigenvalue weighted by atomic mass is 35.5. The van der Waals surface area contributed by atoms with Crippen molar-refractivity contribution in [2.45, 2.75) is 20.4 Å². The molecule has 0 aromatic carbocycles. The molecule has 0 aliphatic carbocycles. The topological polar surface area (TPSA) is 61.7 Å². The van der Waals surface area contributed by atoms with E-state index in [9.17, 15) is 4.79 Å². The number of aliphatic imine (C=N–C) groups is 1. The maximum absolute atomic E-state index is 11.8. The Morgan fingerprint density at radius 2 is 2.14 bits per heavy atom. The lowest BCUT2D eigenvalue weighted by molar-refractivity contribution is -0.128. The molecule has 1 heterocycles. The van der Waals surface area contributed by atoms with Crippen LogP contribution >= 0.6 is 11.6 Å². The Hall–Kier alpha value is -1.69. The molecular formula is C15H26ClN5O. The van der Waals surface area contributed by atoms with Crippen LogP contribution in [0.4, 0.5) is 0 Å². The molecule has 0 fully saturated rings. The number of halogens is 1. The molecule has 1 aromatic rings. The molecule has 0 saturated carbocycles. The van der Waals surface area contributed by atoms with Gasteiger partial charge in [-0.3, -0.25) is 9.79 Å². The Balaban J connectivity index is 2.68. The van der Waals surface area contributed by atoms with Crippen LogP contribution < -0.4 is 10.6 Å². The van der Waals surface area contributed by atoms with Gasteiger partial charge in [-0.05, 0) is 19.9 Å². The predicted octanol–water partition coefficient (Wildman–Crippen LogP) is 1.46. The van der Waals surface area contributed by atoms with E-state index in [0.29, 0.717) is 13.1 Å². The molecule has 124 valence electrons. The fourth-order valence-corrected chi connectivity index (χ4v) is 2.42. The first kappa shape index (κ1) is 18.4. The standard InChI is InChI=1S/C15H26ClN5O/c1-15(2,13(22)17-3)10-19-14(18-4)21(6)9-12-7-11(16)8-20(12)5/h7-8H,9-10H2,1-6H3,(H,17,22)(H,18,19). The van der Waals surface area contributed by atoms with Gasteiger partial charge in [0.15, 0.2) is 5.96 Å². The largest absolute Gasteiger partial charge is 0.359 e. The molecule has 2 N–H and O–H groups in total. The molecule has 0 spiro atoms. The zero-order chi connectivity index (χ0) is 16.9. The highest BCUT2D eigenvalue weighted by molar-refractivity contribution is 6.30. The summed E-state index contributed by atoms with van der Waals surface area (Å²) in [7, 11) is 7.27. The van der Waals surface area contributed by atoms with E-state index in [0.717, 1.165) is 16.7 Å². The van der Waals surface area contributed by atoms with Crippen LogP contribution in [0.1, 0.15) is 19.5 Å². The first-order valence-corrected chi connectivity index (χ1v) is 7.53. The smallest absolute Gasteiger partial charge is 0.227 e. The van der Waals surface area contributed by atoms with Crippen molar-refractivity contribution in [3.63, 3.8) is 0 Å². The second kappa shape index (κ2) is 7.54. The second-order valence-corrected chi connectivity index (χ2v) is 6.42. The fourth-order valence-electron chi connectivity index (χ4n) is 2.14. The van der Waals surface area contributed by atoms with Crippen molar-refractivity contribution < 1.29 is 4.79 Å². The second-order valence-electron chi connectivity index (χ2n) is 5.98. The van der Waals surface area contributed by atoms with Gasteiger partial charge in [-0.2, -0.15) is 0 Å². The van der Waals surface area contributed by atoms with Gasteiger partial charge in [-0.1, -0.05) is 11.6 Å². The number of aryl methyl sites for hydroxylation is 1. The Morgan fingerprint density at radius 3 is 2.59 bits per heavy atom. The number of aromatic nitrogens is 1. The molecule has 1 amide bonds. The molecule has 0 bridgehead atoms. The van der Waals surface area contributed by atoms with E-state index in [1.54, 1.807) is 14.1 Å². The van der Waals surface area contributed by atoms with Crippen molar-refractivity contribution in [1.82, 2.24) is 20.1 Å². The van der Waals surface area contributed by atoms with Crippen LogP contribution in [0.25, 0.3) is 0 Å². The average Bonchev–Trinajstić information content (AvgIpc) is 2.76. The molecular weight excluding hydrogens is 302 g/mol. The Kier molecular flexibility index (Phi) is 6.29. The molecule has 0 aliphatic heterocycles. The molecule has 22 heavy (non-hydrogen) atoms. The molecule has 0 atom stereocenters. The molecule has 0 radical (unpaired) electrons. The van der Waals surface area contributed by atoms with Gasteiger partial charge in [0, 0.05) is 46.6 Å². The summed E-state index contributed by atoms with van der Waals surface area (Å²) >= 11 is 6.00. The maximum Gasteiger partial charge on any atom is 0.227 e. The normalized spacial score (nSPS) is 12.2. The van der Waals surface area contributed by atoms with E-state index in [1.807, 2.05) is 49.7 Å². The lowest BCUT2D eigenvalue weighted by Crippen LogP contribution is -2.47. The molecule has 7 heteroatoms. The number of rotatable bonds is 5. The third kappa shape index (κ3) is 4.66. The van der Waals surface area contributed by atoms with Crippen LogP contribution in [0.3, 0.4) is 0 Å². The quantitative estimate of drug-likeness (QED) is 0.636. The average molecular weight is 328 g/mol. The number of carbonyl (C=O) groups is 1. The van der Waals surface area contributed by atoms with Gasteiger partial charge in [-0.25, -0.2) is 0 Å². The van der Waals surface area contributed by atoms with Gasteiger partial charge in [0.1, 0.15) is 0 Å². The van der Waals surface area contributed by atoms with Crippen molar-refractivity contribution in [1.29, 1.82) is 0 Å². The van der Waals surface area contributed by atoms with Crippen molar-refractivity contribution in [2.24, 2.45) is 17.5 Å². The molecule has 1 rings (SSSR count). The number of nitrogens with one attached hydrogen (secondary N) is 2. The molecule has 1 aromatic heterocycles. The van der Waals surface area contributed by atoms with Gasteiger partial charge >= 0.3 is 0 Å². The summed E-state index contributed by atoms with van der Waals surface area (Å²) < 4.78 is 1.99. The first-order chi connectivity index (χ1) is 10.2.